The highest BCUT2D eigenvalue weighted by Crippen LogP contribution is 2.36. The molecule has 126 valence electrons. The van der Waals surface area contributed by atoms with Gasteiger partial charge in [-0.3, -0.25) is 9.20 Å². The molecular formula is C15H12F3N3O2S. The Morgan fingerprint density at radius 2 is 2.12 bits per heavy atom. The second-order valence-electron chi connectivity index (χ2n) is 4.93. The van der Waals surface area contributed by atoms with Gasteiger partial charge in [0, 0.05) is 23.4 Å². The van der Waals surface area contributed by atoms with E-state index in [0.29, 0.717) is 17.7 Å². The molecular weight excluding hydrogens is 343 g/mol. The van der Waals surface area contributed by atoms with Gasteiger partial charge in [-0.1, -0.05) is 0 Å². The molecule has 0 bridgehead atoms. The smallest absolute Gasteiger partial charge is 0.417 e. The predicted octanol–water partition coefficient (Wildman–Crippen LogP) is 3.46. The predicted molar refractivity (Wildman–Crippen MR) is 84.8 cm³/mol. The molecule has 0 aromatic carbocycles. The highest BCUT2D eigenvalue weighted by Gasteiger charge is 2.34. The first-order chi connectivity index (χ1) is 11.4. The Morgan fingerprint density at radius 3 is 2.79 bits per heavy atom. The third-order valence-corrected chi connectivity index (χ3v) is 3.93. The van der Waals surface area contributed by atoms with Crippen molar-refractivity contribution in [2.75, 3.05) is 18.6 Å². The molecule has 0 atom stereocenters. The minimum Gasteiger partial charge on any atom is -0.477 e. The molecule has 0 N–H and O–H groups in total. The van der Waals surface area contributed by atoms with Crippen LogP contribution in [-0.4, -0.2) is 39.3 Å². The molecule has 0 aliphatic rings. The Labute approximate surface area is 138 Å². The molecule has 3 heterocycles. The molecule has 0 saturated carbocycles. The summed E-state index contributed by atoms with van der Waals surface area (Å²) >= 11 is 1.51. The summed E-state index contributed by atoms with van der Waals surface area (Å²) in [5.41, 5.74) is -0.338. The SMILES string of the molecule is CSCCOc1cc(C(F)(F)F)c2ccc3nc(C=O)cn3c2n1. The van der Waals surface area contributed by atoms with E-state index in [9.17, 15) is 18.0 Å². The standard InChI is InChI=1S/C15H12F3N3O2S/c1-24-5-4-23-13-6-11(15(16,17)18)10-2-3-12-19-9(8-22)7-21(12)14(10)20-13/h2-3,6-8H,4-5H2,1H3. The van der Waals surface area contributed by atoms with E-state index in [2.05, 4.69) is 9.97 Å². The molecule has 0 spiro atoms. The topological polar surface area (TPSA) is 56.5 Å². The molecule has 3 aromatic rings. The van der Waals surface area contributed by atoms with Crippen LogP contribution < -0.4 is 4.74 Å². The number of ether oxygens (including phenoxy) is 1. The Morgan fingerprint density at radius 1 is 1.33 bits per heavy atom. The summed E-state index contributed by atoms with van der Waals surface area (Å²) in [6, 6.07) is 3.61. The third-order valence-electron chi connectivity index (χ3n) is 3.36. The zero-order chi connectivity index (χ0) is 17.3. The summed E-state index contributed by atoms with van der Waals surface area (Å²) in [6.07, 6.45) is -0.805. The monoisotopic (exact) mass is 355 g/mol. The van der Waals surface area contributed by atoms with Crippen LogP contribution in [0.25, 0.3) is 16.7 Å². The lowest BCUT2D eigenvalue weighted by molar-refractivity contribution is -0.136. The van der Waals surface area contributed by atoms with Gasteiger partial charge in [0.15, 0.2) is 6.29 Å². The van der Waals surface area contributed by atoms with Crippen molar-refractivity contribution in [1.29, 1.82) is 0 Å². The highest BCUT2D eigenvalue weighted by atomic mass is 32.2. The van der Waals surface area contributed by atoms with Gasteiger partial charge >= 0.3 is 6.18 Å². The van der Waals surface area contributed by atoms with Gasteiger partial charge in [0.25, 0.3) is 0 Å². The second kappa shape index (κ2) is 6.31. The van der Waals surface area contributed by atoms with Crippen LogP contribution >= 0.6 is 11.8 Å². The molecule has 9 heteroatoms. The number of hydrogen-bond donors (Lipinski definition) is 0. The molecule has 0 amide bonds. The fourth-order valence-electron chi connectivity index (χ4n) is 2.32. The minimum atomic E-state index is -4.56. The number of imidazole rings is 1. The maximum atomic E-state index is 13.4. The van der Waals surface area contributed by atoms with Gasteiger partial charge in [-0.05, 0) is 18.4 Å². The first-order valence-corrected chi connectivity index (χ1v) is 8.30. The summed E-state index contributed by atoms with van der Waals surface area (Å²) in [4.78, 5) is 19.1. The van der Waals surface area contributed by atoms with Gasteiger partial charge in [-0.25, -0.2) is 4.98 Å². The van der Waals surface area contributed by atoms with Gasteiger partial charge < -0.3 is 4.74 Å². The van der Waals surface area contributed by atoms with Crippen LogP contribution in [0.4, 0.5) is 13.2 Å². The van der Waals surface area contributed by atoms with Gasteiger partial charge in [-0.15, -0.1) is 0 Å². The van der Waals surface area contributed by atoms with E-state index in [1.54, 1.807) is 0 Å². The minimum absolute atomic E-state index is 0.0436. The second-order valence-corrected chi connectivity index (χ2v) is 5.92. The van der Waals surface area contributed by atoms with Gasteiger partial charge in [0.05, 0.1) is 12.2 Å². The molecule has 0 fully saturated rings. The Hall–Kier alpha value is -2.29. The van der Waals surface area contributed by atoms with Gasteiger partial charge in [0.1, 0.15) is 17.0 Å². The Bertz CT molecular complexity index is 908. The van der Waals surface area contributed by atoms with Crippen LogP contribution in [0.3, 0.4) is 0 Å². The number of halogens is 3. The average molecular weight is 355 g/mol. The van der Waals surface area contributed by atoms with Crippen LogP contribution in [0, 0.1) is 0 Å². The van der Waals surface area contributed by atoms with E-state index in [1.807, 2.05) is 6.26 Å². The first kappa shape index (κ1) is 16.6. The van der Waals surface area contributed by atoms with Crippen LogP contribution in [-0.2, 0) is 6.18 Å². The van der Waals surface area contributed by atoms with E-state index < -0.39 is 11.7 Å². The van der Waals surface area contributed by atoms with Crippen LogP contribution in [0.5, 0.6) is 5.88 Å². The molecule has 3 rings (SSSR count). The first-order valence-electron chi connectivity index (χ1n) is 6.91. The van der Waals surface area contributed by atoms with Crippen molar-refractivity contribution in [3.8, 4) is 5.88 Å². The number of hydrogen-bond acceptors (Lipinski definition) is 5. The van der Waals surface area contributed by atoms with E-state index in [0.717, 1.165) is 6.07 Å². The summed E-state index contributed by atoms with van der Waals surface area (Å²) in [6.45, 7) is 0.246. The zero-order valence-corrected chi connectivity index (χ0v) is 13.3. The highest BCUT2D eigenvalue weighted by molar-refractivity contribution is 7.98. The molecule has 0 aliphatic carbocycles. The summed E-state index contributed by atoms with van der Waals surface area (Å²) in [5.74, 6) is 0.517. The lowest BCUT2D eigenvalue weighted by Gasteiger charge is -2.13. The maximum Gasteiger partial charge on any atom is 0.417 e. The van der Waals surface area contributed by atoms with Crippen molar-refractivity contribution in [3.63, 3.8) is 0 Å². The number of aldehydes is 1. The van der Waals surface area contributed by atoms with E-state index in [4.69, 9.17) is 4.74 Å². The molecule has 5 nitrogen and oxygen atoms in total. The summed E-state index contributed by atoms with van der Waals surface area (Å²) < 4.78 is 46.9. The number of fused-ring (bicyclic) bond motifs is 3. The van der Waals surface area contributed by atoms with Crippen molar-refractivity contribution in [2.45, 2.75) is 6.18 Å². The molecule has 0 saturated heterocycles. The van der Waals surface area contributed by atoms with Crippen LogP contribution in [0.15, 0.2) is 24.4 Å². The summed E-state index contributed by atoms with van der Waals surface area (Å²) in [5, 5.41) is -0.0814. The van der Waals surface area contributed by atoms with E-state index >= 15 is 0 Å². The van der Waals surface area contributed by atoms with Crippen molar-refractivity contribution in [3.05, 3.63) is 35.7 Å². The largest absolute Gasteiger partial charge is 0.477 e. The van der Waals surface area contributed by atoms with E-state index in [-0.39, 0.29) is 29.2 Å². The zero-order valence-electron chi connectivity index (χ0n) is 12.5. The quantitative estimate of drug-likeness (QED) is 0.518. The molecule has 24 heavy (non-hydrogen) atoms. The van der Waals surface area contributed by atoms with Gasteiger partial charge in [0.2, 0.25) is 5.88 Å². The van der Waals surface area contributed by atoms with E-state index in [1.165, 1.54) is 34.5 Å². The van der Waals surface area contributed by atoms with Crippen molar-refractivity contribution >= 4 is 34.7 Å². The van der Waals surface area contributed by atoms with Gasteiger partial charge in [-0.2, -0.15) is 29.9 Å². The Kier molecular flexibility index (Phi) is 4.35. The van der Waals surface area contributed by atoms with Crippen molar-refractivity contribution in [1.82, 2.24) is 14.4 Å². The number of carbonyl (C=O) groups is 1. The molecule has 3 aromatic heterocycles. The van der Waals surface area contributed by atoms with Crippen molar-refractivity contribution in [2.24, 2.45) is 0 Å². The number of pyridine rings is 2. The average Bonchev–Trinajstić information content (AvgIpc) is 2.97. The number of alkyl halides is 3. The molecule has 0 aliphatic heterocycles. The van der Waals surface area contributed by atoms with Crippen molar-refractivity contribution < 1.29 is 22.7 Å². The number of aromatic nitrogens is 3. The number of rotatable bonds is 5. The number of thioether (sulfide) groups is 1. The summed E-state index contributed by atoms with van der Waals surface area (Å²) in [7, 11) is 0. The van der Waals surface area contributed by atoms with Crippen LogP contribution in [0.1, 0.15) is 16.1 Å². The van der Waals surface area contributed by atoms with Crippen LogP contribution in [0.2, 0.25) is 0 Å². The Balaban J connectivity index is 2.25. The maximum absolute atomic E-state index is 13.4. The molecule has 0 unspecified atom stereocenters. The fourth-order valence-corrected chi connectivity index (χ4v) is 2.57. The lowest BCUT2D eigenvalue weighted by atomic mass is 10.1. The fraction of sp³-hybridized carbons (Fsp3) is 0.267. The number of nitrogens with zero attached hydrogens (tertiary/aromatic N) is 3. The third kappa shape index (κ3) is 3.03. The lowest BCUT2D eigenvalue weighted by Crippen LogP contribution is -2.10. The molecule has 0 radical (unpaired) electrons. The number of carbonyl (C=O) groups excluding carboxylic acids is 1. The normalized spacial score (nSPS) is 12.0.